The van der Waals surface area contributed by atoms with Crippen molar-refractivity contribution in [2.45, 2.75) is 5.54 Å². The van der Waals surface area contributed by atoms with Crippen molar-refractivity contribution in [2.24, 2.45) is 11.5 Å². The first kappa shape index (κ1) is 18.6. The van der Waals surface area contributed by atoms with Crippen LogP contribution in [0.4, 0.5) is 0 Å². The molecule has 10 heteroatoms. The fraction of sp³-hybridized carbons (Fsp3) is 0.400. The van der Waals surface area contributed by atoms with Gasteiger partial charge >= 0.3 is 0 Å². The fourth-order valence-corrected chi connectivity index (χ4v) is 2.61. The van der Waals surface area contributed by atoms with Crippen LogP contribution in [0.5, 0.6) is 0 Å². The van der Waals surface area contributed by atoms with Crippen LogP contribution in [-0.4, -0.2) is 52.0 Å². The van der Waals surface area contributed by atoms with Crippen LogP contribution >= 0.6 is 0 Å². The molecule has 0 aliphatic carbocycles. The van der Waals surface area contributed by atoms with Gasteiger partial charge < -0.3 is 11.5 Å². The third kappa shape index (κ3) is 4.63. The quantitative estimate of drug-likeness (QED) is 0.457. The van der Waals surface area contributed by atoms with E-state index in [0.29, 0.717) is 10.8 Å². The summed E-state index contributed by atoms with van der Waals surface area (Å²) < 4.78 is 45.0. The van der Waals surface area contributed by atoms with Gasteiger partial charge in [-0.3, -0.25) is 9.59 Å². The number of nitrogens with two attached hydrogens (primary N) is 2. The third-order valence-corrected chi connectivity index (χ3v) is 4.83. The number of Topliss-reactive ketones (excluding diaryl/α,β-unsaturated/α-hetero) is 2. The van der Waals surface area contributed by atoms with Gasteiger partial charge in [0.1, 0.15) is 17.0 Å². The van der Waals surface area contributed by atoms with Crippen LogP contribution in [0.15, 0.2) is 24.0 Å². The molecular formula is C10H16N2O6S2. The molecule has 0 radical (unpaired) electrons. The summed E-state index contributed by atoms with van der Waals surface area (Å²) >= 11 is 0. The second-order valence-electron chi connectivity index (χ2n) is 3.97. The number of carbonyl (C=O) groups is 2. The Morgan fingerprint density at radius 1 is 0.950 bits per heavy atom. The van der Waals surface area contributed by atoms with Gasteiger partial charge in [0.2, 0.25) is 0 Å². The van der Waals surface area contributed by atoms with Crippen molar-refractivity contribution in [3.8, 4) is 0 Å². The van der Waals surface area contributed by atoms with E-state index in [2.05, 4.69) is 13.2 Å². The molecule has 0 bridgehead atoms. The van der Waals surface area contributed by atoms with Crippen molar-refractivity contribution in [1.29, 1.82) is 0 Å². The average molecular weight is 324 g/mol. The Hall–Kier alpha value is -1.36. The molecule has 0 aromatic carbocycles. The summed E-state index contributed by atoms with van der Waals surface area (Å²) in [5.41, 5.74) is 8.33. The summed E-state index contributed by atoms with van der Waals surface area (Å²) in [6.45, 7) is 5.29. The van der Waals surface area contributed by atoms with Gasteiger partial charge in [-0.2, -0.15) is 0 Å². The SMILES string of the molecule is C=CS(=O)(=O)CC(=O)C(N)(CN)C(=O)CS(=O)(=O)C=C. The maximum absolute atomic E-state index is 11.8. The summed E-state index contributed by atoms with van der Waals surface area (Å²) in [6.07, 6.45) is 0. The van der Waals surface area contributed by atoms with Gasteiger partial charge in [0.05, 0.1) is 0 Å². The van der Waals surface area contributed by atoms with Crippen molar-refractivity contribution in [2.75, 3.05) is 18.1 Å². The maximum Gasteiger partial charge on any atom is 0.178 e. The highest BCUT2D eigenvalue weighted by Crippen LogP contribution is 2.09. The van der Waals surface area contributed by atoms with Gasteiger partial charge in [-0.25, -0.2) is 16.8 Å². The van der Waals surface area contributed by atoms with Crippen molar-refractivity contribution in [1.82, 2.24) is 0 Å². The van der Waals surface area contributed by atoms with E-state index in [1.165, 1.54) is 0 Å². The molecule has 0 unspecified atom stereocenters. The van der Waals surface area contributed by atoms with Crippen LogP contribution < -0.4 is 11.5 Å². The predicted molar refractivity (Wildman–Crippen MR) is 74.0 cm³/mol. The van der Waals surface area contributed by atoms with E-state index in [9.17, 15) is 26.4 Å². The lowest BCUT2D eigenvalue weighted by Gasteiger charge is -2.24. The Morgan fingerprint density at radius 3 is 1.45 bits per heavy atom. The van der Waals surface area contributed by atoms with Crippen molar-refractivity contribution >= 4 is 31.2 Å². The summed E-state index contributed by atoms with van der Waals surface area (Å²) in [6, 6.07) is 0. The number of sulfone groups is 2. The highest BCUT2D eigenvalue weighted by molar-refractivity contribution is 7.95. The molecule has 0 amide bonds. The van der Waals surface area contributed by atoms with Crippen LogP contribution in [-0.2, 0) is 29.3 Å². The smallest absolute Gasteiger partial charge is 0.178 e. The molecule has 114 valence electrons. The largest absolute Gasteiger partial charge is 0.328 e. The number of carbonyl (C=O) groups excluding carboxylic acids is 2. The normalized spacial score (nSPS) is 12.7. The lowest BCUT2D eigenvalue weighted by Crippen LogP contribution is -2.62. The second kappa shape index (κ2) is 6.39. The molecule has 0 aliphatic heterocycles. The number of hydrogen-bond donors (Lipinski definition) is 2. The molecule has 0 atom stereocenters. The molecule has 0 fully saturated rings. The third-order valence-electron chi connectivity index (χ3n) is 2.49. The number of hydrogen-bond acceptors (Lipinski definition) is 8. The summed E-state index contributed by atoms with van der Waals surface area (Å²) in [7, 11) is -7.88. The van der Waals surface area contributed by atoms with E-state index in [1.807, 2.05) is 0 Å². The van der Waals surface area contributed by atoms with E-state index in [1.54, 1.807) is 0 Å². The predicted octanol–water partition coefficient (Wildman–Crippen LogP) is -2.10. The standard InChI is InChI=1S/C10H16N2O6S2/c1-3-19(15,16)5-8(13)10(12,7-11)9(14)6-20(17,18)4-2/h3-4H,1-2,5-7,11-12H2. The minimum absolute atomic E-state index is 0.535. The van der Waals surface area contributed by atoms with Crippen LogP contribution in [0, 0.1) is 0 Å². The summed E-state index contributed by atoms with van der Waals surface area (Å²) in [5.74, 6) is -4.54. The Morgan fingerprint density at radius 2 is 1.25 bits per heavy atom. The molecule has 0 aromatic rings. The van der Waals surface area contributed by atoms with Crippen LogP contribution in [0.2, 0.25) is 0 Å². The first-order chi connectivity index (χ1) is 8.94. The molecule has 4 N–H and O–H groups in total. The van der Waals surface area contributed by atoms with Gasteiger partial charge in [0, 0.05) is 17.4 Å². The molecule has 0 saturated carbocycles. The van der Waals surface area contributed by atoms with E-state index >= 15 is 0 Å². The first-order valence-corrected chi connectivity index (χ1v) is 8.63. The zero-order valence-electron chi connectivity index (χ0n) is 10.6. The zero-order chi connectivity index (χ0) is 16.2. The van der Waals surface area contributed by atoms with Gasteiger partial charge in [-0.15, -0.1) is 0 Å². The second-order valence-corrected chi connectivity index (χ2v) is 7.87. The van der Waals surface area contributed by atoms with E-state index < -0.39 is 54.8 Å². The van der Waals surface area contributed by atoms with Crippen LogP contribution in [0.3, 0.4) is 0 Å². The Balaban J connectivity index is 5.40. The summed E-state index contributed by atoms with van der Waals surface area (Å²) in [4.78, 5) is 23.6. The monoisotopic (exact) mass is 324 g/mol. The van der Waals surface area contributed by atoms with Crippen molar-refractivity contribution in [3.05, 3.63) is 24.0 Å². The fourth-order valence-electron chi connectivity index (χ4n) is 1.12. The topological polar surface area (TPSA) is 154 Å². The minimum atomic E-state index is -3.94. The molecule has 0 heterocycles. The molecule has 0 aliphatic rings. The first-order valence-electron chi connectivity index (χ1n) is 5.20. The van der Waals surface area contributed by atoms with Gasteiger partial charge in [0.25, 0.3) is 0 Å². The average Bonchev–Trinajstić information content (AvgIpc) is 2.36. The molecular weight excluding hydrogens is 308 g/mol. The lowest BCUT2D eigenvalue weighted by atomic mass is 9.92. The molecule has 0 rings (SSSR count). The highest BCUT2D eigenvalue weighted by atomic mass is 32.2. The maximum atomic E-state index is 11.8. The molecule has 0 spiro atoms. The summed E-state index contributed by atoms with van der Waals surface area (Å²) in [5, 5.41) is 1.07. The highest BCUT2D eigenvalue weighted by Gasteiger charge is 2.42. The van der Waals surface area contributed by atoms with E-state index in [4.69, 9.17) is 11.5 Å². The zero-order valence-corrected chi connectivity index (χ0v) is 12.2. The lowest BCUT2D eigenvalue weighted by molar-refractivity contribution is -0.131. The van der Waals surface area contributed by atoms with Gasteiger partial charge in [-0.05, 0) is 0 Å². The van der Waals surface area contributed by atoms with E-state index in [0.717, 1.165) is 0 Å². The van der Waals surface area contributed by atoms with Crippen molar-refractivity contribution in [3.63, 3.8) is 0 Å². The van der Waals surface area contributed by atoms with Crippen LogP contribution in [0.1, 0.15) is 0 Å². The Labute approximate surface area is 117 Å². The number of ketones is 2. The number of rotatable bonds is 9. The molecule has 0 saturated heterocycles. The Kier molecular flexibility index (Phi) is 5.96. The van der Waals surface area contributed by atoms with Gasteiger partial charge in [-0.1, -0.05) is 13.2 Å². The minimum Gasteiger partial charge on any atom is -0.328 e. The molecule has 20 heavy (non-hydrogen) atoms. The van der Waals surface area contributed by atoms with E-state index in [-0.39, 0.29) is 0 Å². The van der Waals surface area contributed by atoms with Crippen LogP contribution in [0.25, 0.3) is 0 Å². The Bertz CT molecular complexity index is 581. The molecule has 0 aromatic heterocycles. The van der Waals surface area contributed by atoms with Crippen molar-refractivity contribution < 1.29 is 26.4 Å². The van der Waals surface area contributed by atoms with Gasteiger partial charge in [0.15, 0.2) is 31.2 Å². The molecule has 8 nitrogen and oxygen atoms in total.